The standard InChI is InChI=1S/C16H11BrF8N4O/c17-11(4-12(30)28-5-14(18,19)6-28)29-7-26-13(27-29)8-1-9(15(20,21)22)3-10(2-8)16(23,24)25/h1,3-4,7-8H,2,5-6H2/b11-4-. The molecule has 164 valence electrons. The van der Waals surface area contributed by atoms with E-state index in [1.54, 1.807) is 0 Å². The maximum atomic E-state index is 13.0. The summed E-state index contributed by atoms with van der Waals surface area (Å²) in [6.45, 7) is -1.52. The number of nitrogens with zero attached hydrogens (tertiary/aromatic N) is 4. The highest BCUT2D eigenvalue weighted by Crippen LogP contribution is 2.42. The summed E-state index contributed by atoms with van der Waals surface area (Å²) in [5.41, 5.74) is -2.84. The SMILES string of the molecule is O=C(/C=C(/Br)n1cnc(C2C=C(C(F)(F)F)C=C(C(F)(F)F)C2)n1)N1CC(F)(F)C1. The quantitative estimate of drug-likeness (QED) is 0.450. The van der Waals surface area contributed by atoms with Crippen molar-refractivity contribution in [2.75, 3.05) is 13.1 Å². The molecule has 1 aromatic heterocycles. The van der Waals surface area contributed by atoms with Crippen molar-refractivity contribution in [3.05, 3.63) is 41.5 Å². The van der Waals surface area contributed by atoms with E-state index in [9.17, 15) is 39.9 Å². The Morgan fingerprint density at radius 2 is 1.80 bits per heavy atom. The van der Waals surface area contributed by atoms with Crippen molar-refractivity contribution in [3.63, 3.8) is 0 Å². The van der Waals surface area contributed by atoms with Gasteiger partial charge >= 0.3 is 12.4 Å². The Morgan fingerprint density at radius 1 is 1.17 bits per heavy atom. The molecule has 1 saturated heterocycles. The lowest BCUT2D eigenvalue weighted by atomic mass is 9.89. The number of rotatable bonds is 3. The summed E-state index contributed by atoms with van der Waals surface area (Å²) in [5.74, 6) is -5.48. The minimum atomic E-state index is -5.00. The second-order valence-corrected chi connectivity index (χ2v) is 7.47. The van der Waals surface area contributed by atoms with Crippen molar-refractivity contribution < 1.29 is 39.9 Å². The molecule has 1 aromatic rings. The molecule has 1 unspecified atom stereocenters. The second-order valence-electron chi connectivity index (χ2n) is 6.66. The largest absolute Gasteiger partial charge is 0.416 e. The fraction of sp³-hybridized carbons (Fsp3) is 0.438. The number of allylic oxidation sites excluding steroid dienone is 4. The van der Waals surface area contributed by atoms with E-state index in [0.717, 1.165) is 22.0 Å². The number of halogens is 9. The maximum Gasteiger partial charge on any atom is 0.416 e. The molecule has 0 radical (unpaired) electrons. The monoisotopic (exact) mass is 506 g/mol. The number of likely N-dealkylation sites (tertiary alicyclic amines) is 1. The van der Waals surface area contributed by atoms with E-state index >= 15 is 0 Å². The normalized spacial score (nSPS) is 22.4. The molecule has 1 aliphatic carbocycles. The fourth-order valence-electron chi connectivity index (χ4n) is 2.82. The van der Waals surface area contributed by atoms with Crippen molar-refractivity contribution in [3.8, 4) is 0 Å². The number of aromatic nitrogens is 3. The molecule has 0 aromatic carbocycles. The molecule has 1 amide bonds. The van der Waals surface area contributed by atoms with Crippen molar-refractivity contribution in [2.45, 2.75) is 30.6 Å². The first-order chi connectivity index (χ1) is 13.7. The van der Waals surface area contributed by atoms with Gasteiger partial charge < -0.3 is 4.90 Å². The molecule has 1 aliphatic heterocycles. The average Bonchev–Trinajstić information content (AvgIpc) is 3.08. The lowest BCUT2D eigenvalue weighted by Gasteiger charge is -2.37. The van der Waals surface area contributed by atoms with Crippen LogP contribution in [0.1, 0.15) is 18.2 Å². The van der Waals surface area contributed by atoms with Crippen molar-refractivity contribution in [1.29, 1.82) is 0 Å². The fourth-order valence-corrected chi connectivity index (χ4v) is 3.19. The zero-order valence-electron chi connectivity index (χ0n) is 14.6. The van der Waals surface area contributed by atoms with E-state index in [-0.39, 0.29) is 16.5 Å². The Kier molecular flexibility index (Phi) is 5.58. The lowest BCUT2D eigenvalue weighted by molar-refractivity contribution is -0.160. The molecule has 2 aliphatic rings. The Hall–Kier alpha value is -2.25. The van der Waals surface area contributed by atoms with Crippen LogP contribution in [-0.2, 0) is 4.79 Å². The van der Waals surface area contributed by atoms with Gasteiger partial charge in [-0.15, -0.1) is 0 Å². The van der Waals surface area contributed by atoms with Gasteiger partial charge in [0, 0.05) is 17.6 Å². The van der Waals surface area contributed by atoms with Gasteiger partial charge in [0.1, 0.15) is 10.9 Å². The van der Waals surface area contributed by atoms with Gasteiger partial charge in [-0.25, -0.2) is 18.4 Å². The van der Waals surface area contributed by atoms with Gasteiger partial charge in [-0.3, -0.25) is 4.79 Å². The average molecular weight is 507 g/mol. The van der Waals surface area contributed by atoms with Crippen LogP contribution in [-0.4, -0.2) is 56.9 Å². The van der Waals surface area contributed by atoms with E-state index in [0.29, 0.717) is 6.08 Å². The van der Waals surface area contributed by atoms with Gasteiger partial charge in [-0.2, -0.15) is 31.4 Å². The van der Waals surface area contributed by atoms with Gasteiger partial charge in [-0.1, -0.05) is 6.08 Å². The molecule has 1 atom stereocenters. The molecule has 5 nitrogen and oxygen atoms in total. The number of hydrogen-bond donors (Lipinski definition) is 0. The number of amides is 1. The Morgan fingerprint density at radius 3 is 2.33 bits per heavy atom. The first-order valence-electron chi connectivity index (χ1n) is 8.18. The van der Waals surface area contributed by atoms with E-state index < -0.39 is 60.8 Å². The summed E-state index contributed by atoms with van der Waals surface area (Å²) in [6, 6.07) is 0. The molecule has 2 heterocycles. The highest BCUT2D eigenvalue weighted by Gasteiger charge is 2.46. The van der Waals surface area contributed by atoms with Crippen LogP contribution in [0.15, 0.2) is 35.7 Å². The van der Waals surface area contributed by atoms with Crippen LogP contribution in [0.3, 0.4) is 0 Å². The predicted octanol–water partition coefficient (Wildman–Crippen LogP) is 4.41. The highest BCUT2D eigenvalue weighted by molar-refractivity contribution is 9.14. The first-order valence-corrected chi connectivity index (χ1v) is 8.98. The lowest BCUT2D eigenvalue weighted by Crippen LogP contribution is -2.58. The Labute approximate surface area is 171 Å². The van der Waals surface area contributed by atoms with Gasteiger partial charge in [-0.05, 0) is 28.4 Å². The molecule has 14 heteroatoms. The molecule has 0 spiro atoms. The highest BCUT2D eigenvalue weighted by atomic mass is 79.9. The second kappa shape index (κ2) is 7.46. The number of alkyl halides is 8. The van der Waals surface area contributed by atoms with Crippen LogP contribution < -0.4 is 0 Å². The number of carbonyl (C=O) groups excluding carboxylic acids is 1. The number of hydrogen-bond acceptors (Lipinski definition) is 3. The topological polar surface area (TPSA) is 51.0 Å². The Balaban J connectivity index is 1.81. The van der Waals surface area contributed by atoms with Crippen LogP contribution >= 0.6 is 15.9 Å². The predicted molar refractivity (Wildman–Crippen MR) is 90.4 cm³/mol. The van der Waals surface area contributed by atoms with Crippen LogP contribution in [0, 0.1) is 0 Å². The van der Waals surface area contributed by atoms with Crippen LogP contribution in [0.5, 0.6) is 0 Å². The van der Waals surface area contributed by atoms with Crippen molar-refractivity contribution >= 4 is 26.4 Å². The molecule has 30 heavy (non-hydrogen) atoms. The van der Waals surface area contributed by atoms with E-state index in [1.165, 1.54) is 0 Å². The van der Waals surface area contributed by atoms with Crippen LogP contribution in [0.4, 0.5) is 35.1 Å². The number of carbonyl (C=O) groups is 1. The van der Waals surface area contributed by atoms with Gasteiger partial charge in [0.15, 0.2) is 5.82 Å². The van der Waals surface area contributed by atoms with E-state index in [2.05, 4.69) is 26.0 Å². The van der Waals surface area contributed by atoms with Gasteiger partial charge in [0.2, 0.25) is 5.91 Å². The van der Waals surface area contributed by atoms with E-state index in [1.807, 2.05) is 0 Å². The van der Waals surface area contributed by atoms with Crippen molar-refractivity contribution in [2.24, 2.45) is 0 Å². The van der Waals surface area contributed by atoms with Crippen LogP contribution in [0.2, 0.25) is 0 Å². The van der Waals surface area contributed by atoms with Gasteiger partial charge in [0.05, 0.1) is 18.7 Å². The summed E-state index contributed by atoms with van der Waals surface area (Å²) in [5, 5.41) is 3.82. The van der Waals surface area contributed by atoms with E-state index in [4.69, 9.17) is 0 Å². The van der Waals surface area contributed by atoms with Crippen LogP contribution in [0.25, 0.3) is 4.61 Å². The summed E-state index contributed by atoms with van der Waals surface area (Å²) < 4.78 is 105. The molecule has 3 rings (SSSR count). The summed E-state index contributed by atoms with van der Waals surface area (Å²) in [4.78, 5) is 16.4. The first kappa shape index (κ1) is 22.4. The smallest absolute Gasteiger partial charge is 0.327 e. The van der Waals surface area contributed by atoms with Crippen molar-refractivity contribution in [1.82, 2.24) is 19.7 Å². The summed E-state index contributed by atoms with van der Waals surface area (Å²) in [7, 11) is 0. The van der Waals surface area contributed by atoms with Gasteiger partial charge in [0.25, 0.3) is 5.92 Å². The molecular weight excluding hydrogens is 496 g/mol. The third-order valence-corrected chi connectivity index (χ3v) is 4.89. The zero-order valence-corrected chi connectivity index (χ0v) is 16.2. The summed E-state index contributed by atoms with van der Waals surface area (Å²) >= 11 is 2.96. The molecule has 0 bridgehead atoms. The Bertz CT molecular complexity index is 936. The molecule has 0 N–H and O–H groups in total. The third kappa shape index (κ3) is 4.90. The molecule has 0 saturated carbocycles. The molecular formula is C16H11BrF8N4O. The summed E-state index contributed by atoms with van der Waals surface area (Å²) in [6.07, 6.45) is -8.24. The zero-order chi connectivity index (χ0) is 22.5. The third-order valence-electron chi connectivity index (χ3n) is 4.30. The maximum absolute atomic E-state index is 13.0. The molecule has 1 fully saturated rings. The minimum Gasteiger partial charge on any atom is -0.327 e. The minimum absolute atomic E-state index is 0.0465.